The zero-order valence-corrected chi connectivity index (χ0v) is 22.6. The van der Waals surface area contributed by atoms with E-state index in [0.29, 0.717) is 12.0 Å². The molecule has 1 N–H and O–H groups in total. The van der Waals surface area contributed by atoms with Crippen molar-refractivity contribution in [1.82, 2.24) is 19.9 Å². The van der Waals surface area contributed by atoms with Crippen molar-refractivity contribution in [2.45, 2.75) is 38.3 Å². The summed E-state index contributed by atoms with van der Waals surface area (Å²) in [5.74, 6) is 0.586. The summed E-state index contributed by atoms with van der Waals surface area (Å²) < 4.78 is 7.72. The molecule has 1 unspecified atom stereocenters. The molecule has 4 heterocycles. The SMILES string of the molecule is C=C/C(=N\N(C)Cc1ccccc1)C(=O)NC1CCc2ccc(N3CC4(CCOCC4)C3)cc2-n2ccnc21. The van der Waals surface area contributed by atoms with Crippen LogP contribution in [0.1, 0.15) is 42.3 Å². The number of hydrogen-bond donors (Lipinski definition) is 1. The number of ether oxygens (including phenoxy) is 1. The van der Waals surface area contributed by atoms with Crippen LogP contribution >= 0.6 is 0 Å². The summed E-state index contributed by atoms with van der Waals surface area (Å²) in [5, 5.41) is 9.47. The number of nitrogens with zero attached hydrogens (tertiary/aromatic N) is 5. The van der Waals surface area contributed by atoms with Gasteiger partial charge >= 0.3 is 0 Å². The number of carbonyl (C=O) groups is 1. The van der Waals surface area contributed by atoms with Crippen molar-refractivity contribution >= 4 is 17.3 Å². The average molecular weight is 525 g/mol. The molecule has 0 aliphatic carbocycles. The van der Waals surface area contributed by atoms with Gasteiger partial charge in [0.2, 0.25) is 0 Å². The predicted octanol–water partition coefficient (Wildman–Crippen LogP) is 4.27. The Morgan fingerprint density at radius 1 is 1.23 bits per heavy atom. The smallest absolute Gasteiger partial charge is 0.272 e. The molecule has 202 valence electrons. The summed E-state index contributed by atoms with van der Waals surface area (Å²) in [4.78, 5) is 20.4. The van der Waals surface area contributed by atoms with Crippen molar-refractivity contribution in [3.05, 3.63) is 90.5 Å². The average Bonchev–Trinajstić information content (AvgIpc) is 3.38. The Hall–Kier alpha value is -3.91. The summed E-state index contributed by atoms with van der Waals surface area (Å²) in [6.07, 6.45) is 9.23. The molecule has 3 aliphatic heterocycles. The number of nitrogens with one attached hydrogen (secondary N) is 1. The van der Waals surface area contributed by atoms with Crippen LogP contribution < -0.4 is 10.2 Å². The second kappa shape index (κ2) is 10.7. The minimum Gasteiger partial charge on any atom is -0.381 e. The predicted molar refractivity (Wildman–Crippen MR) is 153 cm³/mol. The highest BCUT2D eigenvalue weighted by Gasteiger charge is 2.44. The molecule has 0 radical (unpaired) electrons. The molecule has 2 aromatic carbocycles. The van der Waals surface area contributed by atoms with Crippen molar-refractivity contribution in [3.63, 3.8) is 0 Å². The van der Waals surface area contributed by atoms with Crippen molar-refractivity contribution in [3.8, 4) is 5.69 Å². The maximum Gasteiger partial charge on any atom is 0.272 e. The third-order valence-corrected chi connectivity index (χ3v) is 8.25. The first-order valence-corrected chi connectivity index (χ1v) is 13.8. The van der Waals surface area contributed by atoms with Crippen LogP contribution in [0.2, 0.25) is 0 Å². The zero-order valence-electron chi connectivity index (χ0n) is 22.6. The van der Waals surface area contributed by atoms with Crippen LogP contribution in [0.25, 0.3) is 5.69 Å². The van der Waals surface area contributed by atoms with E-state index in [9.17, 15) is 4.79 Å². The Kier molecular flexibility index (Phi) is 6.95. The Morgan fingerprint density at radius 3 is 2.79 bits per heavy atom. The number of carbonyl (C=O) groups excluding carboxylic acids is 1. The highest BCUT2D eigenvalue weighted by atomic mass is 16.5. The van der Waals surface area contributed by atoms with Gasteiger partial charge in [-0.3, -0.25) is 9.80 Å². The third-order valence-electron chi connectivity index (χ3n) is 8.25. The molecule has 8 heteroatoms. The molecule has 39 heavy (non-hydrogen) atoms. The van der Waals surface area contributed by atoms with Crippen LogP contribution in [0.15, 0.2) is 78.7 Å². The number of hydrazone groups is 1. The van der Waals surface area contributed by atoms with Gasteiger partial charge in [-0.1, -0.05) is 43.0 Å². The molecule has 2 fully saturated rings. The Morgan fingerprint density at radius 2 is 2.03 bits per heavy atom. The van der Waals surface area contributed by atoms with Crippen LogP contribution in [-0.4, -0.2) is 59.5 Å². The van der Waals surface area contributed by atoms with E-state index >= 15 is 0 Å². The van der Waals surface area contributed by atoms with Crippen molar-refractivity contribution < 1.29 is 9.53 Å². The van der Waals surface area contributed by atoms with E-state index in [1.165, 1.54) is 17.3 Å². The van der Waals surface area contributed by atoms with E-state index < -0.39 is 0 Å². The number of aryl methyl sites for hydroxylation is 1. The fraction of sp³-hybridized carbons (Fsp3) is 0.387. The fourth-order valence-electron chi connectivity index (χ4n) is 6.07. The standard InChI is InChI=1S/C31H36N6O2/c1-3-26(34-35(2)20-23-7-5-4-6-8-23)30(38)33-27-12-10-24-9-11-25(19-28(24)37-16-15-32-29(27)37)36-21-31(22-36)13-17-39-18-14-31/h3-9,11,15-16,19,27H,1,10,12-14,17-18,20-22H2,2H3,(H,33,38)/b34-26+. The molecule has 8 nitrogen and oxygen atoms in total. The molecule has 1 aromatic heterocycles. The van der Waals surface area contributed by atoms with Crippen molar-refractivity contribution in [2.24, 2.45) is 10.5 Å². The normalized spacial score (nSPS) is 19.9. The van der Waals surface area contributed by atoms with Gasteiger partial charge in [-0.25, -0.2) is 4.98 Å². The minimum absolute atomic E-state index is 0.234. The van der Waals surface area contributed by atoms with E-state index in [0.717, 1.165) is 69.1 Å². The molecule has 0 saturated carbocycles. The van der Waals surface area contributed by atoms with Crippen LogP contribution in [0.3, 0.4) is 0 Å². The topological polar surface area (TPSA) is 75.0 Å². The number of imidazole rings is 1. The van der Waals surface area contributed by atoms with E-state index in [1.54, 1.807) is 5.01 Å². The quantitative estimate of drug-likeness (QED) is 0.369. The molecule has 1 spiro atoms. The second-order valence-electron chi connectivity index (χ2n) is 11.0. The van der Waals surface area contributed by atoms with Gasteiger partial charge in [0.15, 0.2) is 0 Å². The summed E-state index contributed by atoms with van der Waals surface area (Å²) >= 11 is 0. The maximum atomic E-state index is 13.3. The van der Waals surface area contributed by atoms with E-state index in [-0.39, 0.29) is 17.7 Å². The van der Waals surface area contributed by atoms with E-state index in [1.807, 2.05) is 49.8 Å². The van der Waals surface area contributed by atoms with Crippen LogP contribution in [0.4, 0.5) is 5.69 Å². The van der Waals surface area contributed by atoms with Crippen LogP contribution in [0.5, 0.6) is 0 Å². The van der Waals surface area contributed by atoms with E-state index in [2.05, 4.69) is 49.6 Å². The van der Waals surface area contributed by atoms with Gasteiger partial charge in [0.25, 0.3) is 5.91 Å². The van der Waals surface area contributed by atoms with Gasteiger partial charge in [-0.15, -0.1) is 0 Å². The lowest BCUT2D eigenvalue weighted by molar-refractivity contribution is -0.115. The van der Waals surface area contributed by atoms with Gasteiger partial charge in [0.1, 0.15) is 11.5 Å². The third kappa shape index (κ3) is 5.21. The molecule has 0 bridgehead atoms. The molecule has 3 aliphatic rings. The number of rotatable bonds is 7. The number of anilines is 1. The first-order valence-electron chi connectivity index (χ1n) is 13.8. The summed E-state index contributed by atoms with van der Waals surface area (Å²) in [6.45, 7) is 8.38. The number of amides is 1. The van der Waals surface area contributed by atoms with Crippen LogP contribution in [-0.2, 0) is 22.5 Å². The highest BCUT2D eigenvalue weighted by molar-refractivity contribution is 6.43. The number of aromatic nitrogens is 2. The fourth-order valence-corrected chi connectivity index (χ4v) is 6.07. The van der Waals surface area contributed by atoms with E-state index in [4.69, 9.17) is 4.74 Å². The molecule has 6 rings (SSSR count). The van der Waals surface area contributed by atoms with Crippen molar-refractivity contribution in [1.29, 1.82) is 0 Å². The lowest BCUT2D eigenvalue weighted by Crippen LogP contribution is -2.58. The summed E-state index contributed by atoms with van der Waals surface area (Å²) in [6, 6.07) is 16.6. The Bertz CT molecular complexity index is 1370. The second-order valence-corrected chi connectivity index (χ2v) is 11.0. The number of benzene rings is 2. The summed E-state index contributed by atoms with van der Waals surface area (Å²) in [5.41, 5.74) is 5.48. The van der Waals surface area contributed by atoms with Crippen molar-refractivity contribution in [2.75, 3.05) is 38.3 Å². The lowest BCUT2D eigenvalue weighted by Gasteiger charge is -2.53. The van der Waals surface area contributed by atoms with Crippen LogP contribution in [0, 0.1) is 5.41 Å². The molecule has 3 aromatic rings. The monoisotopic (exact) mass is 524 g/mol. The number of hydrogen-bond acceptors (Lipinski definition) is 6. The van der Waals surface area contributed by atoms with Gasteiger partial charge in [-0.2, -0.15) is 5.10 Å². The first-order chi connectivity index (χ1) is 19.0. The molecular weight excluding hydrogens is 488 g/mol. The lowest BCUT2D eigenvalue weighted by atomic mass is 9.73. The molecule has 2 saturated heterocycles. The first kappa shape index (κ1) is 25.4. The largest absolute Gasteiger partial charge is 0.381 e. The van der Waals surface area contributed by atoms with Gasteiger partial charge in [-0.05, 0) is 55.0 Å². The maximum absolute atomic E-state index is 13.3. The molecule has 1 atom stereocenters. The minimum atomic E-state index is -0.251. The Balaban J connectivity index is 1.17. The Labute approximate surface area is 230 Å². The van der Waals surface area contributed by atoms with Gasteiger partial charge < -0.3 is 19.5 Å². The zero-order chi connectivity index (χ0) is 26.8. The van der Waals surface area contributed by atoms with Gasteiger partial charge in [0, 0.05) is 56.8 Å². The number of fused-ring (bicyclic) bond motifs is 3. The van der Waals surface area contributed by atoms with Gasteiger partial charge in [0.05, 0.1) is 18.3 Å². The molecule has 1 amide bonds. The highest BCUT2D eigenvalue weighted by Crippen LogP contribution is 2.43. The summed E-state index contributed by atoms with van der Waals surface area (Å²) in [7, 11) is 1.86. The molecular formula is C31H36N6O2.